The van der Waals surface area contributed by atoms with Crippen molar-refractivity contribution in [2.24, 2.45) is 0 Å². The molecule has 0 atom stereocenters. The third-order valence-electron chi connectivity index (χ3n) is 5.95. The molecule has 0 aliphatic heterocycles. The van der Waals surface area contributed by atoms with Gasteiger partial charge in [-0.25, -0.2) is 0 Å². The van der Waals surface area contributed by atoms with Crippen LogP contribution in [0.2, 0.25) is 0 Å². The molecule has 0 saturated heterocycles. The first kappa shape index (κ1) is 35.4. The number of rotatable bonds is 12. The maximum absolute atomic E-state index is 3.72. The van der Waals surface area contributed by atoms with Crippen LogP contribution in [0, 0.1) is 0 Å². The maximum Gasteiger partial charge on any atom is 2.00 e. The Morgan fingerprint density at radius 3 is 1.00 bits per heavy atom. The van der Waals surface area contributed by atoms with Crippen molar-refractivity contribution >= 4 is 11.4 Å². The van der Waals surface area contributed by atoms with Crippen LogP contribution < -0.4 is 40.8 Å². The first-order chi connectivity index (χ1) is 14.7. The van der Waals surface area contributed by atoms with Crippen LogP contribution in [-0.4, -0.2) is 26.2 Å². The Balaban J connectivity index is 0. The number of hydrogen-bond acceptors (Lipinski definition) is 3. The molecule has 34 heavy (non-hydrogen) atoms. The first-order valence-electron chi connectivity index (χ1n) is 12.2. The van der Waals surface area contributed by atoms with E-state index >= 15 is 0 Å². The van der Waals surface area contributed by atoms with Crippen LogP contribution in [-0.2, 0) is 19.5 Å². The minimum atomic E-state index is 0. The molecule has 0 spiro atoms. The summed E-state index contributed by atoms with van der Waals surface area (Å²) in [7, 11) is 0. The zero-order valence-corrected chi connectivity index (χ0v) is 25.3. The topological polar surface area (TPSA) is 36.1 Å². The van der Waals surface area contributed by atoms with Crippen LogP contribution in [0.4, 0.5) is 11.4 Å². The Hall–Kier alpha value is -0.797. The second-order valence-corrected chi connectivity index (χ2v) is 9.85. The van der Waals surface area contributed by atoms with Gasteiger partial charge in [-0.15, -0.1) is 0 Å². The fourth-order valence-electron chi connectivity index (χ4n) is 4.19. The molecule has 2 rings (SSSR count). The first-order valence-corrected chi connectivity index (χ1v) is 12.2. The molecule has 3 N–H and O–H groups in total. The Morgan fingerprint density at radius 2 is 0.765 bits per heavy atom. The number of nitrogens with one attached hydrogen (secondary N) is 3. The van der Waals surface area contributed by atoms with Crippen molar-refractivity contribution in [3.63, 3.8) is 0 Å². The van der Waals surface area contributed by atoms with Gasteiger partial charge in [-0.2, -0.15) is 0 Å². The fraction of sp³-hybridized carbons (Fsp3) is 0.571. The van der Waals surface area contributed by atoms with Gasteiger partial charge in [0.1, 0.15) is 0 Å². The molecule has 0 amide bonds. The van der Waals surface area contributed by atoms with E-state index in [2.05, 4.69) is 108 Å². The second kappa shape index (κ2) is 17.6. The maximum atomic E-state index is 3.72. The molecule has 0 aliphatic rings. The third kappa shape index (κ3) is 10.1. The second-order valence-electron chi connectivity index (χ2n) is 9.85. The van der Waals surface area contributed by atoms with Gasteiger partial charge in [0, 0.05) is 37.6 Å². The third-order valence-corrected chi connectivity index (χ3v) is 5.95. The molecule has 0 aromatic heterocycles. The van der Waals surface area contributed by atoms with E-state index in [1.807, 2.05) is 0 Å². The smallest absolute Gasteiger partial charge is 1.00 e. The molecule has 0 bridgehead atoms. The van der Waals surface area contributed by atoms with Crippen molar-refractivity contribution in [1.82, 2.24) is 5.32 Å². The molecule has 0 unspecified atom stereocenters. The van der Waals surface area contributed by atoms with Gasteiger partial charge in [0.15, 0.2) is 0 Å². The summed E-state index contributed by atoms with van der Waals surface area (Å²) in [6, 6.07) is 13.4. The summed E-state index contributed by atoms with van der Waals surface area (Å²) in [6.07, 6.45) is 0. The minimum Gasteiger partial charge on any atom is -1.00 e. The Morgan fingerprint density at radius 1 is 0.500 bits per heavy atom. The van der Waals surface area contributed by atoms with Crippen LogP contribution >= 0.6 is 0 Å². The monoisotopic (exact) mass is 596 g/mol. The Bertz CT molecular complexity index is 703. The van der Waals surface area contributed by atoms with Crippen molar-refractivity contribution in [3.05, 3.63) is 58.7 Å². The summed E-state index contributed by atoms with van der Waals surface area (Å²) in [5.41, 5.74) is 8.33. The molecule has 3 nitrogen and oxygen atoms in total. The number of anilines is 2. The summed E-state index contributed by atoms with van der Waals surface area (Å²) in [4.78, 5) is 0. The van der Waals surface area contributed by atoms with Crippen molar-refractivity contribution in [1.29, 1.82) is 0 Å². The summed E-state index contributed by atoms with van der Waals surface area (Å²) >= 11 is 0. The standard InChI is InChI=1S/C28H45N3.2ClH.Rh/c1-19(2)23-11-9-12-24(20(3)4)27(23)30-17-15-29-16-18-31-28-25(21(5)6)13-10-14-26(28)22(7)8;;;/h9-14,19-22,29-31H,15-18H2,1-8H3;2*1H;/q;;;+2/p-2. The average Bonchev–Trinajstić information content (AvgIpc) is 2.72. The van der Waals surface area contributed by atoms with Crippen LogP contribution in [0.25, 0.3) is 0 Å². The number of para-hydroxylation sites is 2. The van der Waals surface area contributed by atoms with Crippen LogP contribution in [0.1, 0.15) is 101 Å². The summed E-state index contributed by atoms with van der Waals surface area (Å²) in [6.45, 7) is 22.0. The number of hydrogen-bond donors (Lipinski definition) is 3. The fourth-order valence-corrected chi connectivity index (χ4v) is 4.19. The van der Waals surface area contributed by atoms with Gasteiger partial charge in [-0.3, -0.25) is 0 Å². The van der Waals surface area contributed by atoms with Gasteiger partial charge < -0.3 is 40.8 Å². The van der Waals surface area contributed by atoms with Gasteiger partial charge in [-0.05, 0) is 45.9 Å². The molecule has 6 heteroatoms. The summed E-state index contributed by atoms with van der Waals surface area (Å²) in [5, 5.41) is 11.0. The van der Waals surface area contributed by atoms with E-state index in [0.717, 1.165) is 26.2 Å². The van der Waals surface area contributed by atoms with Crippen molar-refractivity contribution in [2.45, 2.75) is 79.1 Å². The normalized spacial score (nSPS) is 10.7. The quantitative estimate of drug-likeness (QED) is 0.255. The molecule has 0 aliphatic carbocycles. The SMILES string of the molecule is CC(C)c1cccc(C(C)C)c1NCCNCCNc1c(C(C)C)cccc1C(C)C.[Cl-].[Cl-].[Rh+2]. The van der Waals surface area contributed by atoms with Crippen molar-refractivity contribution in [2.75, 3.05) is 36.8 Å². The predicted octanol–water partition coefficient (Wildman–Crippen LogP) is 1.30. The molecule has 1 radical (unpaired) electrons. The largest absolute Gasteiger partial charge is 2.00 e. The van der Waals surface area contributed by atoms with E-state index in [1.165, 1.54) is 33.6 Å². The minimum absolute atomic E-state index is 0. The molecule has 0 fully saturated rings. The van der Waals surface area contributed by atoms with E-state index in [-0.39, 0.29) is 44.3 Å². The van der Waals surface area contributed by atoms with Gasteiger partial charge in [0.25, 0.3) is 0 Å². The van der Waals surface area contributed by atoms with Gasteiger partial charge in [-0.1, -0.05) is 91.8 Å². The van der Waals surface area contributed by atoms with Crippen LogP contribution in [0.3, 0.4) is 0 Å². The molecule has 0 saturated carbocycles. The van der Waals surface area contributed by atoms with Gasteiger partial charge in [0.2, 0.25) is 0 Å². The summed E-state index contributed by atoms with van der Waals surface area (Å²) in [5.74, 6) is 2.09. The van der Waals surface area contributed by atoms with E-state index < -0.39 is 0 Å². The van der Waals surface area contributed by atoms with Crippen molar-refractivity contribution < 1.29 is 44.3 Å². The van der Waals surface area contributed by atoms with Gasteiger partial charge in [0.05, 0.1) is 0 Å². The Labute approximate surface area is 234 Å². The van der Waals surface area contributed by atoms with E-state index in [0.29, 0.717) is 23.7 Å². The van der Waals surface area contributed by atoms with Gasteiger partial charge >= 0.3 is 19.5 Å². The molecule has 0 heterocycles. The average molecular weight is 598 g/mol. The van der Waals surface area contributed by atoms with E-state index in [9.17, 15) is 0 Å². The summed E-state index contributed by atoms with van der Waals surface area (Å²) < 4.78 is 0. The molecular formula is C28H45Cl2N3Rh. The molecule has 195 valence electrons. The number of halogens is 2. The molecule has 2 aromatic carbocycles. The molecule has 2 aromatic rings. The van der Waals surface area contributed by atoms with E-state index in [4.69, 9.17) is 0 Å². The zero-order valence-electron chi connectivity index (χ0n) is 22.2. The van der Waals surface area contributed by atoms with Crippen LogP contribution in [0.5, 0.6) is 0 Å². The van der Waals surface area contributed by atoms with Crippen LogP contribution in [0.15, 0.2) is 36.4 Å². The Kier molecular flexibility index (Phi) is 18.3. The van der Waals surface area contributed by atoms with E-state index in [1.54, 1.807) is 0 Å². The molecular weight excluding hydrogens is 552 g/mol. The van der Waals surface area contributed by atoms with Crippen molar-refractivity contribution in [3.8, 4) is 0 Å². The zero-order chi connectivity index (χ0) is 23.0. The number of benzene rings is 2. The predicted molar refractivity (Wildman–Crippen MR) is 139 cm³/mol.